The highest BCUT2D eigenvalue weighted by atomic mass is 16.3. The van der Waals surface area contributed by atoms with E-state index in [-0.39, 0.29) is 11.3 Å². The maximum atomic E-state index is 9.66. The number of aromatic hydroxyl groups is 1. The first kappa shape index (κ1) is 10.3. The lowest BCUT2D eigenvalue weighted by Gasteiger charge is -2.11. The molecule has 0 heterocycles. The summed E-state index contributed by atoms with van der Waals surface area (Å²) in [6.45, 7) is 0. The molecule has 0 radical (unpaired) electrons. The molecular weight excluding hydrogens is 173 g/mol. The van der Waals surface area contributed by atoms with Crippen LogP contribution < -0.4 is 16.4 Å². The van der Waals surface area contributed by atoms with Crippen LogP contribution in [0.15, 0.2) is 0 Å². The van der Waals surface area contributed by atoms with Crippen LogP contribution in [0.3, 0.4) is 0 Å². The Balaban J connectivity index is 3.79. The highest BCUT2D eigenvalue weighted by molar-refractivity contribution is 6.53. The van der Waals surface area contributed by atoms with Gasteiger partial charge in [-0.1, -0.05) is 10.9 Å². The van der Waals surface area contributed by atoms with Crippen molar-refractivity contribution in [1.29, 1.82) is 10.5 Å². The van der Waals surface area contributed by atoms with E-state index in [1.807, 2.05) is 12.1 Å². The van der Waals surface area contributed by atoms with Gasteiger partial charge in [-0.2, -0.15) is 10.5 Å². The molecule has 0 atom stereocenters. The number of phenolic OH excluding ortho intramolecular Hbond substituents is 1. The molecule has 1 rings (SSSR count). The van der Waals surface area contributed by atoms with E-state index in [4.69, 9.17) is 10.5 Å². The third kappa shape index (κ3) is 1.26. The lowest BCUT2D eigenvalue weighted by atomic mass is 9.71. The lowest BCUT2D eigenvalue weighted by molar-refractivity contribution is 0.484. The molecule has 1 N–H and O–H groups in total. The number of phenols is 1. The predicted molar refractivity (Wildman–Crippen MR) is 62.1 cm³/mol. The minimum atomic E-state index is 0.109. The van der Waals surface area contributed by atoms with Gasteiger partial charge >= 0.3 is 0 Å². The van der Waals surface area contributed by atoms with Gasteiger partial charge < -0.3 is 5.11 Å². The summed E-state index contributed by atoms with van der Waals surface area (Å²) < 4.78 is 0. The molecule has 0 saturated carbocycles. The zero-order chi connectivity index (χ0) is 10.9. The second-order valence-corrected chi connectivity index (χ2v) is 3.20. The van der Waals surface area contributed by atoms with E-state index in [1.54, 1.807) is 23.5 Å². The number of nitrogens with zero attached hydrogens (tertiary/aromatic N) is 2. The van der Waals surface area contributed by atoms with E-state index in [9.17, 15) is 5.11 Å². The summed E-state index contributed by atoms with van der Waals surface area (Å²) in [7, 11) is 5.11. The molecule has 0 aliphatic rings. The van der Waals surface area contributed by atoms with Crippen molar-refractivity contribution in [3.8, 4) is 17.9 Å². The molecule has 0 unspecified atom stereocenters. The molecular formula is C8H7B3N2O. The van der Waals surface area contributed by atoms with Gasteiger partial charge in [-0.25, -0.2) is 0 Å². The van der Waals surface area contributed by atoms with Gasteiger partial charge in [0.25, 0.3) is 0 Å². The third-order valence-electron chi connectivity index (χ3n) is 2.50. The van der Waals surface area contributed by atoms with Gasteiger partial charge in [-0.15, -0.1) is 0 Å². The Morgan fingerprint density at radius 2 is 1.29 bits per heavy atom. The monoisotopic (exact) mass is 180 g/mol. The fourth-order valence-electron chi connectivity index (χ4n) is 1.42. The summed E-state index contributed by atoms with van der Waals surface area (Å²) in [6, 6.07) is 3.93. The third-order valence-corrected chi connectivity index (χ3v) is 2.50. The van der Waals surface area contributed by atoms with Gasteiger partial charge in [0.15, 0.2) is 0 Å². The Bertz CT molecular complexity index is 440. The van der Waals surface area contributed by atoms with Crippen molar-refractivity contribution in [2.24, 2.45) is 0 Å². The summed E-state index contributed by atoms with van der Waals surface area (Å²) in [4.78, 5) is 0. The van der Waals surface area contributed by atoms with Crippen LogP contribution >= 0.6 is 0 Å². The Kier molecular flexibility index (Phi) is 2.58. The standard InChI is InChI=1S/C8H7B3N2O/c9-5-3(1-12)4(2-13)6(10)8(14)7(5)11/h14H,9-11H2. The van der Waals surface area contributed by atoms with E-state index < -0.39 is 0 Å². The van der Waals surface area contributed by atoms with E-state index in [2.05, 4.69) is 0 Å². The minimum absolute atomic E-state index is 0.109. The average Bonchev–Trinajstić information content (AvgIpc) is 2.20. The number of hydrogen-bond donors (Lipinski definition) is 1. The molecule has 6 heteroatoms. The summed E-state index contributed by atoms with van der Waals surface area (Å²) in [5.41, 5.74) is 2.45. The molecule has 0 fully saturated rings. The van der Waals surface area contributed by atoms with Crippen molar-refractivity contribution in [3.05, 3.63) is 11.1 Å². The molecule has 0 aromatic heterocycles. The van der Waals surface area contributed by atoms with Crippen molar-refractivity contribution in [3.63, 3.8) is 0 Å². The zero-order valence-electron chi connectivity index (χ0n) is 8.34. The molecule has 0 saturated heterocycles. The summed E-state index contributed by atoms with van der Waals surface area (Å²) in [5, 5.41) is 27.4. The molecule has 0 aliphatic carbocycles. The molecule has 0 spiro atoms. The zero-order valence-corrected chi connectivity index (χ0v) is 8.34. The van der Waals surface area contributed by atoms with Crippen LogP contribution in [-0.2, 0) is 0 Å². The SMILES string of the molecule is Bc1c(B)c(C#N)c(C#N)c(B)c1O. The van der Waals surface area contributed by atoms with Gasteiger partial charge in [0.1, 0.15) is 35.4 Å². The smallest absolute Gasteiger partial charge is 0.145 e. The first-order chi connectivity index (χ1) is 6.54. The van der Waals surface area contributed by atoms with Gasteiger partial charge in [0, 0.05) is 0 Å². The molecule has 64 valence electrons. The van der Waals surface area contributed by atoms with Crippen molar-refractivity contribution in [1.82, 2.24) is 0 Å². The van der Waals surface area contributed by atoms with Gasteiger partial charge in [0.05, 0.1) is 17.2 Å². The van der Waals surface area contributed by atoms with Crippen LogP contribution in [0.4, 0.5) is 0 Å². The molecule has 0 aliphatic heterocycles. The Morgan fingerprint density at radius 3 is 1.71 bits per heavy atom. The van der Waals surface area contributed by atoms with E-state index in [0.29, 0.717) is 22.0 Å². The highest BCUT2D eigenvalue weighted by Crippen LogP contribution is 2.06. The van der Waals surface area contributed by atoms with Crippen LogP contribution in [0, 0.1) is 22.7 Å². The second kappa shape index (κ2) is 3.51. The van der Waals surface area contributed by atoms with Gasteiger partial charge in [-0.3, -0.25) is 0 Å². The highest BCUT2D eigenvalue weighted by Gasteiger charge is 2.15. The first-order valence-corrected chi connectivity index (χ1v) is 4.17. The predicted octanol–water partition coefficient (Wildman–Crippen LogP) is -4.09. The van der Waals surface area contributed by atoms with E-state index in [1.165, 1.54) is 0 Å². The molecule has 0 bridgehead atoms. The fraction of sp³-hybridized carbons (Fsp3) is 0. The molecule has 14 heavy (non-hydrogen) atoms. The molecule has 0 amide bonds. The van der Waals surface area contributed by atoms with Crippen molar-refractivity contribution in [2.45, 2.75) is 0 Å². The van der Waals surface area contributed by atoms with Crippen LogP contribution in [0.2, 0.25) is 0 Å². The topological polar surface area (TPSA) is 67.8 Å². The molecule has 1 aromatic rings. The van der Waals surface area contributed by atoms with Crippen LogP contribution in [-0.4, -0.2) is 28.6 Å². The Hall–Kier alpha value is -1.81. The summed E-state index contributed by atoms with van der Waals surface area (Å²) in [6.07, 6.45) is 0. The number of rotatable bonds is 0. The molecule has 1 aromatic carbocycles. The van der Waals surface area contributed by atoms with Crippen LogP contribution in [0.25, 0.3) is 0 Å². The van der Waals surface area contributed by atoms with Crippen molar-refractivity contribution < 1.29 is 5.11 Å². The maximum Gasteiger partial charge on any atom is 0.145 e. The quantitative estimate of drug-likeness (QED) is 0.412. The Labute approximate surface area is 85.2 Å². The van der Waals surface area contributed by atoms with E-state index in [0.717, 1.165) is 0 Å². The van der Waals surface area contributed by atoms with Crippen molar-refractivity contribution >= 4 is 39.9 Å². The first-order valence-electron chi connectivity index (χ1n) is 4.17. The number of hydrogen-bond acceptors (Lipinski definition) is 3. The van der Waals surface area contributed by atoms with Crippen molar-refractivity contribution in [2.75, 3.05) is 0 Å². The normalized spacial score (nSPS) is 9.00. The molecule has 3 nitrogen and oxygen atoms in total. The number of benzene rings is 1. The number of nitriles is 2. The summed E-state index contributed by atoms with van der Waals surface area (Å²) >= 11 is 0. The van der Waals surface area contributed by atoms with E-state index >= 15 is 0 Å². The summed E-state index contributed by atoms with van der Waals surface area (Å²) in [5.74, 6) is 0.109. The maximum absolute atomic E-state index is 9.66. The largest absolute Gasteiger partial charge is 0.509 e. The van der Waals surface area contributed by atoms with Crippen LogP contribution in [0.5, 0.6) is 5.75 Å². The van der Waals surface area contributed by atoms with Gasteiger partial charge in [0.2, 0.25) is 0 Å². The van der Waals surface area contributed by atoms with Crippen LogP contribution in [0.1, 0.15) is 11.1 Å². The average molecular weight is 180 g/mol. The second-order valence-electron chi connectivity index (χ2n) is 3.20. The fourth-order valence-corrected chi connectivity index (χ4v) is 1.42. The Morgan fingerprint density at radius 1 is 0.857 bits per heavy atom. The minimum Gasteiger partial charge on any atom is -0.509 e. The lowest BCUT2D eigenvalue weighted by Crippen LogP contribution is -2.35. The van der Waals surface area contributed by atoms with Gasteiger partial charge in [-0.05, 0) is 5.46 Å².